The molecule has 1 aromatic heterocycles. The summed E-state index contributed by atoms with van der Waals surface area (Å²) in [5, 5.41) is 23.9. The molecule has 0 amide bonds. The number of halogens is 6. The van der Waals surface area contributed by atoms with Gasteiger partial charge in [0.2, 0.25) is 10.0 Å². The number of carbonyl (C=O) groups is 1. The maximum Gasteiger partial charge on any atom is 0.470 e. The van der Waals surface area contributed by atoms with Gasteiger partial charge in [-0.05, 0) is 72.5 Å². The zero-order chi connectivity index (χ0) is 32.4. The van der Waals surface area contributed by atoms with Gasteiger partial charge in [0.25, 0.3) is 0 Å². The molecule has 236 valence electrons. The summed E-state index contributed by atoms with van der Waals surface area (Å²) in [6.07, 6.45) is -10.4. The Morgan fingerprint density at radius 3 is 2.20 bits per heavy atom. The lowest BCUT2D eigenvalue weighted by atomic mass is 10.0. The van der Waals surface area contributed by atoms with Crippen LogP contribution in [0.5, 0.6) is 0 Å². The summed E-state index contributed by atoms with van der Waals surface area (Å²) >= 11 is 0. The molecule has 4 N–H and O–H groups in total. The van der Waals surface area contributed by atoms with E-state index in [2.05, 4.69) is 5.32 Å². The second-order valence-electron chi connectivity index (χ2n) is 10.2. The van der Waals surface area contributed by atoms with Gasteiger partial charge in [-0.15, -0.1) is 4.72 Å². The quantitative estimate of drug-likeness (QED) is 0.127. The molecule has 0 aliphatic rings. The molecule has 4 rings (SSSR count). The highest BCUT2D eigenvalue weighted by atomic mass is 32.2. The summed E-state index contributed by atoms with van der Waals surface area (Å²) in [5.41, 5.74) is 0.998. The maximum atomic E-state index is 13.0. The molecule has 0 fully saturated rings. The molecule has 1 heterocycles. The molecule has 0 aliphatic heterocycles. The number of hydrogen-bond acceptors (Lipinski definition) is 5. The predicted octanol–water partition coefficient (Wildman–Crippen LogP) is 5.46. The van der Waals surface area contributed by atoms with Gasteiger partial charge >= 0.3 is 18.4 Å². The lowest BCUT2D eigenvalue weighted by molar-refractivity contribution is -0.138. The molecule has 44 heavy (non-hydrogen) atoms. The second kappa shape index (κ2) is 12.6. The largest absolute Gasteiger partial charge is 0.477 e. The van der Waals surface area contributed by atoms with Gasteiger partial charge in [-0.2, -0.15) is 26.3 Å². The van der Waals surface area contributed by atoms with E-state index < -0.39 is 45.0 Å². The van der Waals surface area contributed by atoms with Crippen molar-refractivity contribution in [2.45, 2.75) is 49.4 Å². The van der Waals surface area contributed by atoms with Gasteiger partial charge in [0.1, 0.15) is 5.69 Å². The van der Waals surface area contributed by atoms with E-state index >= 15 is 0 Å². The van der Waals surface area contributed by atoms with Gasteiger partial charge < -0.3 is 20.1 Å². The number of fused-ring (bicyclic) bond motifs is 1. The van der Waals surface area contributed by atoms with Gasteiger partial charge in [-0.25, -0.2) is 13.2 Å². The second-order valence-corrected chi connectivity index (χ2v) is 11.9. The number of aliphatic hydroxyl groups is 1. The third-order valence-corrected chi connectivity index (χ3v) is 8.20. The van der Waals surface area contributed by atoms with E-state index in [9.17, 15) is 49.8 Å². The first kappa shape index (κ1) is 33.0. The number of aromatic nitrogens is 1. The SMILES string of the molecule is CC(Cc1ccc2c(c1)cc(C(=O)O)n2Cc1ccc(S(=O)(=O)NC(F)(F)F)cc1)NCC(O)c1cccc(C(F)(F)F)c1. The Hall–Kier alpha value is -3.92. The van der Waals surface area contributed by atoms with Crippen molar-refractivity contribution in [3.8, 4) is 0 Å². The number of sulfonamides is 1. The van der Waals surface area contributed by atoms with Crippen molar-refractivity contribution < 1.29 is 49.8 Å². The summed E-state index contributed by atoms with van der Waals surface area (Å²) in [5.74, 6) is -1.23. The average Bonchev–Trinajstić information content (AvgIpc) is 3.28. The minimum Gasteiger partial charge on any atom is -0.477 e. The summed E-state index contributed by atoms with van der Waals surface area (Å²) in [6.45, 7) is 1.81. The topological polar surface area (TPSA) is 121 Å². The number of nitrogens with one attached hydrogen (secondary N) is 2. The molecule has 3 aromatic carbocycles. The fourth-order valence-corrected chi connectivity index (χ4v) is 5.66. The van der Waals surface area contributed by atoms with Crippen LogP contribution in [-0.2, 0) is 29.2 Å². The Morgan fingerprint density at radius 1 is 0.932 bits per heavy atom. The van der Waals surface area contributed by atoms with Crippen LogP contribution in [-0.4, -0.2) is 48.1 Å². The van der Waals surface area contributed by atoms with Crippen LogP contribution in [0.4, 0.5) is 26.3 Å². The third-order valence-electron chi connectivity index (χ3n) is 6.81. The van der Waals surface area contributed by atoms with E-state index in [0.29, 0.717) is 27.6 Å². The maximum absolute atomic E-state index is 13.0. The Bertz CT molecular complexity index is 1750. The van der Waals surface area contributed by atoms with Crippen LogP contribution in [0.1, 0.15) is 45.8 Å². The van der Waals surface area contributed by atoms with E-state index in [1.54, 1.807) is 18.2 Å². The molecule has 8 nitrogen and oxygen atoms in total. The van der Waals surface area contributed by atoms with Gasteiger partial charge in [-0.3, -0.25) is 0 Å². The van der Waals surface area contributed by atoms with Crippen molar-refractivity contribution in [2.75, 3.05) is 6.54 Å². The number of alkyl halides is 6. The highest BCUT2D eigenvalue weighted by Gasteiger charge is 2.35. The summed E-state index contributed by atoms with van der Waals surface area (Å²) in [4.78, 5) is 11.4. The normalized spacial score (nSPS) is 14.1. The Morgan fingerprint density at radius 2 is 1.59 bits per heavy atom. The van der Waals surface area contributed by atoms with E-state index in [1.807, 2.05) is 6.92 Å². The molecule has 2 unspecified atom stereocenters. The van der Waals surface area contributed by atoms with Crippen molar-refractivity contribution >= 4 is 26.9 Å². The van der Waals surface area contributed by atoms with Gasteiger partial charge in [0, 0.05) is 30.0 Å². The van der Waals surface area contributed by atoms with Crippen molar-refractivity contribution in [1.29, 1.82) is 0 Å². The van der Waals surface area contributed by atoms with Crippen molar-refractivity contribution in [2.24, 2.45) is 0 Å². The number of rotatable bonds is 11. The first-order valence-corrected chi connectivity index (χ1v) is 14.5. The number of nitrogens with zero attached hydrogens (tertiary/aromatic N) is 1. The van der Waals surface area contributed by atoms with E-state index in [-0.39, 0.29) is 30.4 Å². The average molecular weight is 644 g/mol. The zero-order valence-electron chi connectivity index (χ0n) is 22.9. The Labute approximate surface area is 248 Å². The standard InChI is InChI=1S/C29H27F6N3O5S/c1-17(36-15-26(39)20-3-2-4-22(13-20)28(30,31)32)11-19-7-10-24-21(12-19)14-25(27(40)41)38(24)16-18-5-8-23(9-6-18)44(42,43)37-29(33,34)35/h2-10,12-14,17,26,36-37,39H,11,15-16H2,1H3,(H,40,41). The van der Waals surface area contributed by atoms with Gasteiger partial charge in [0.15, 0.2) is 0 Å². The monoisotopic (exact) mass is 643 g/mol. The van der Waals surface area contributed by atoms with Crippen molar-refractivity contribution in [3.63, 3.8) is 0 Å². The Balaban J connectivity index is 1.46. The highest BCUT2D eigenvalue weighted by Crippen LogP contribution is 2.31. The van der Waals surface area contributed by atoms with Gasteiger partial charge in [-0.1, -0.05) is 30.3 Å². The molecule has 0 saturated heterocycles. The van der Waals surface area contributed by atoms with E-state index in [1.165, 1.54) is 34.9 Å². The van der Waals surface area contributed by atoms with Crippen LogP contribution < -0.4 is 10.0 Å². The van der Waals surface area contributed by atoms with E-state index in [4.69, 9.17) is 0 Å². The molecule has 0 spiro atoms. The lowest BCUT2D eigenvalue weighted by Gasteiger charge is -2.18. The fraction of sp³-hybridized carbons (Fsp3) is 0.276. The molecule has 15 heteroatoms. The predicted molar refractivity (Wildman–Crippen MR) is 148 cm³/mol. The van der Waals surface area contributed by atoms with Crippen LogP contribution in [0.15, 0.2) is 77.7 Å². The molecule has 0 bridgehead atoms. The first-order chi connectivity index (χ1) is 20.4. The highest BCUT2D eigenvalue weighted by molar-refractivity contribution is 7.89. The van der Waals surface area contributed by atoms with Crippen LogP contribution in [0.2, 0.25) is 0 Å². The molecule has 0 aliphatic carbocycles. The number of aliphatic hydroxyl groups excluding tert-OH is 1. The van der Waals surface area contributed by atoms with Crippen molar-refractivity contribution in [3.05, 3.63) is 101 Å². The fourth-order valence-electron chi connectivity index (χ4n) is 4.74. The molecule has 4 aromatic rings. The smallest absolute Gasteiger partial charge is 0.470 e. The third kappa shape index (κ3) is 8.16. The molecule has 2 atom stereocenters. The minimum atomic E-state index is -5.14. The number of aromatic carboxylic acids is 1. The minimum absolute atomic E-state index is 0.00335. The molecule has 0 saturated carbocycles. The zero-order valence-corrected chi connectivity index (χ0v) is 23.8. The van der Waals surface area contributed by atoms with Gasteiger partial charge in [0.05, 0.1) is 16.6 Å². The van der Waals surface area contributed by atoms with Crippen LogP contribution in [0.25, 0.3) is 10.9 Å². The lowest BCUT2D eigenvalue weighted by Crippen LogP contribution is -2.37. The number of hydrogen-bond donors (Lipinski definition) is 4. The number of carboxylic acid groups (broad SMARTS) is 1. The summed E-state index contributed by atoms with van der Waals surface area (Å²) < 4.78 is 102. The van der Waals surface area contributed by atoms with E-state index in [0.717, 1.165) is 29.8 Å². The van der Waals surface area contributed by atoms with Crippen LogP contribution in [0, 0.1) is 0 Å². The Kier molecular flexibility index (Phi) is 9.44. The first-order valence-electron chi connectivity index (χ1n) is 13.1. The van der Waals surface area contributed by atoms with Crippen molar-refractivity contribution in [1.82, 2.24) is 14.6 Å². The number of benzene rings is 3. The number of carboxylic acids is 1. The van der Waals surface area contributed by atoms with Crippen LogP contribution >= 0.6 is 0 Å². The molecule has 0 radical (unpaired) electrons. The molecular weight excluding hydrogens is 616 g/mol. The summed E-state index contributed by atoms with van der Waals surface area (Å²) in [6, 6.07) is 15.5. The molecular formula is C29H27F6N3O5S. The van der Waals surface area contributed by atoms with Crippen LogP contribution in [0.3, 0.4) is 0 Å². The summed E-state index contributed by atoms with van der Waals surface area (Å²) in [7, 11) is -4.83.